The van der Waals surface area contributed by atoms with E-state index >= 15 is 0 Å². The highest BCUT2D eigenvalue weighted by molar-refractivity contribution is 7.81. The van der Waals surface area contributed by atoms with Crippen molar-refractivity contribution in [2.75, 3.05) is 0 Å². The first-order valence-electron chi connectivity index (χ1n) is 3.95. The van der Waals surface area contributed by atoms with E-state index in [1.165, 1.54) is 0 Å². The lowest BCUT2D eigenvalue weighted by atomic mass is 9.87. The highest BCUT2D eigenvalue weighted by atomic mass is 32.1. The molecule has 4 heteroatoms. The molecule has 1 atom stereocenters. The first-order valence-corrected chi connectivity index (χ1v) is 4.36. The summed E-state index contributed by atoms with van der Waals surface area (Å²) < 4.78 is 0. The van der Waals surface area contributed by atoms with Gasteiger partial charge in [-0.05, 0) is 12.5 Å². The van der Waals surface area contributed by atoms with Crippen LogP contribution in [0.25, 0.3) is 0 Å². The Bertz CT molecular complexity index is 296. The predicted molar refractivity (Wildman–Crippen MR) is 54.7 cm³/mol. The first-order chi connectivity index (χ1) is 6.04. The lowest BCUT2D eigenvalue weighted by Gasteiger charge is -2.26. The molecule has 1 aliphatic carbocycles. The summed E-state index contributed by atoms with van der Waals surface area (Å²) in [5, 5.41) is 8.50. The Morgan fingerprint density at radius 1 is 1.62 bits per heavy atom. The van der Waals surface area contributed by atoms with Crippen LogP contribution in [0.5, 0.6) is 0 Å². The molecule has 0 bridgehead atoms. The van der Waals surface area contributed by atoms with Gasteiger partial charge in [0.25, 0.3) is 0 Å². The average Bonchev–Trinajstić information content (AvgIpc) is 2.07. The van der Waals surface area contributed by atoms with Gasteiger partial charge < -0.3 is 10.8 Å². The zero-order chi connectivity index (χ0) is 9.90. The molecule has 0 unspecified atom stereocenters. The van der Waals surface area contributed by atoms with E-state index in [9.17, 15) is 4.79 Å². The van der Waals surface area contributed by atoms with Gasteiger partial charge in [-0.3, -0.25) is 4.79 Å². The Morgan fingerprint density at radius 2 is 2.31 bits per heavy atom. The fraction of sp³-hybridized carbons (Fsp3) is 0.333. The SMILES string of the molecule is N[C@]1(CCC(=O)O)C=CC=CC1=S. The summed E-state index contributed by atoms with van der Waals surface area (Å²) in [4.78, 5) is 10.9. The maximum absolute atomic E-state index is 10.3. The molecule has 3 N–H and O–H groups in total. The third kappa shape index (κ3) is 2.47. The second-order valence-corrected chi connectivity index (χ2v) is 3.46. The summed E-state index contributed by atoms with van der Waals surface area (Å²) in [7, 11) is 0. The third-order valence-electron chi connectivity index (χ3n) is 1.96. The molecule has 0 saturated carbocycles. The molecule has 3 nitrogen and oxygen atoms in total. The minimum absolute atomic E-state index is 0.0365. The van der Waals surface area contributed by atoms with Gasteiger partial charge in [0, 0.05) is 11.3 Å². The van der Waals surface area contributed by atoms with E-state index in [0.29, 0.717) is 11.3 Å². The minimum Gasteiger partial charge on any atom is -0.481 e. The van der Waals surface area contributed by atoms with E-state index in [-0.39, 0.29) is 6.42 Å². The fourth-order valence-electron chi connectivity index (χ4n) is 1.13. The van der Waals surface area contributed by atoms with E-state index in [4.69, 9.17) is 23.1 Å². The maximum atomic E-state index is 10.3. The second-order valence-electron chi connectivity index (χ2n) is 3.02. The molecule has 0 aliphatic heterocycles. The molecule has 70 valence electrons. The smallest absolute Gasteiger partial charge is 0.303 e. The van der Waals surface area contributed by atoms with Crippen LogP contribution in [0.1, 0.15) is 12.8 Å². The highest BCUT2D eigenvalue weighted by Gasteiger charge is 2.27. The predicted octanol–water partition coefficient (Wildman–Crippen LogP) is 1.04. The third-order valence-corrected chi connectivity index (χ3v) is 2.48. The molecule has 0 amide bonds. The van der Waals surface area contributed by atoms with Crippen LogP contribution in [0, 0.1) is 0 Å². The quantitative estimate of drug-likeness (QED) is 0.664. The first kappa shape index (κ1) is 10.1. The van der Waals surface area contributed by atoms with E-state index in [2.05, 4.69) is 0 Å². The number of carboxylic acid groups (broad SMARTS) is 1. The number of allylic oxidation sites excluding steroid dienone is 2. The van der Waals surface area contributed by atoms with Crippen molar-refractivity contribution in [1.29, 1.82) is 0 Å². The van der Waals surface area contributed by atoms with Crippen molar-refractivity contribution in [3.8, 4) is 0 Å². The molecular weight excluding hydrogens is 186 g/mol. The van der Waals surface area contributed by atoms with Crippen molar-refractivity contribution in [3.05, 3.63) is 24.3 Å². The Balaban J connectivity index is 2.65. The molecule has 1 rings (SSSR count). The average molecular weight is 197 g/mol. The molecule has 1 aliphatic rings. The topological polar surface area (TPSA) is 63.3 Å². The molecule has 0 aromatic rings. The van der Waals surface area contributed by atoms with Gasteiger partial charge in [-0.15, -0.1) is 0 Å². The van der Waals surface area contributed by atoms with Crippen LogP contribution in [0.4, 0.5) is 0 Å². The van der Waals surface area contributed by atoms with E-state index in [0.717, 1.165) is 0 Å². The van der Waals surface area contributed by atoms with Crippen molar-refractivity contribution in [2.24, 2.45) is 5.73 Å². The number of carbonyl (C=O) groups is 1. The van der Waals surface area contributed by atoms with E-state index < -0.39 is 11.5 Å². The number of nitrogens with two attached hydrogens (primary N) is 1. The molecule has 13 heavy (non-hydrogen) atoms. The maximum Gasteiger partial charge on any atom is 0.303 e. The fourth-order valence-corrected chi connectivity index (χ4v) is 1.38. The van der Waals surface area contributed by atoms with Crippen molar-refractivity contribution in [3.63, 3.8) is 0 Å². The van der Waals surface area contributed by atoms with Gasteiger partial charge in [0.15, 0.2) is 0 Å². The van der Waals surface area contributed by atoms with Crippen molar-refractivity contribution < 1.29 is 9.90 Å². The van der Waals surface area contributed by atoms with Gasteiger partial charge in [0.05, 0.1) is 5.54 Å². The van der Waals surface area contributed by atoms with Crippen LogP contribution >= 0.6 is 12.2 Å². The zero-order valence-corrected chi connectivity index (χ0v) is 7.88. The number of hydrogen-bond acceptors (Lipinski definition) is 3. The van der Waals surface area contributed by atoms with Gasteiger partial charge in [-0.2, -0.15) is 0 Å². The summed E-state index contributed by atoms with van der Waals surface area (Å²) in [5.74, 6) is -0.851. The van der Waals surface area contributed by atoms with Crippen LogP contribution in [-0.4, -0.2) is 21.5 Å². The van der Waals surface area contributed by atoms with Crippen LogP contribution in [0.15, 0.2) is 24.3 Å². The summed E-state index contributed by atoms with van der Waals surface area (Å²) in [6, 6.07) is 0. The summed E-state index contributed by atoms with van der Waals surface area (Å²) in [5.41, 5.74) is 5.16. The lowest BCUT2D eigenvalue weighted by molar-refractivity contribution is -0.137. The Hall–Kier alpha value is -1.00. The monoisotopic (exact) mass is 197 g/mol. The molecule has 0 saturated heterocycles. The highest BCUT2D eigenvalue weighted by Crippen LogP contribution is 2.18. The number of hydrogen-bond donors (Lipinski definition) is 2. The number of thiocarbonyl (C=S) groups is 1. The molecule has 0 fully saturated rings. The Kier molecular flexibility index (Phi) is 2.95. The van der Waals surface area contributed by atoms with Crippen LogP contribution < -0.4 is 5.73 Å². The van der Waals surface area contributed by atoms with Crippen molar-refractivity contribution in [1.82, 2.24) is 0 Å². The number of rotatable bonds is 3. The zero-order valence-electron chi connectivity index (χ0n) is 7.06. The standard InChI is InChI=1S/C9H11NO2S/c10-9(6-4-8(11)12)5-2-1-3-7(9)13/h1-3,5H,4,6,10H2,(H,11,12)/t9-/m0/s1. The molecule has 0 radical (unpaired) electrons. The normalized spacial score (nSPS) is 26.4. The molecule has 0 spiro atoms. The Morgan fingerprint density at radius 3 is 2.85 bits per heavy atom. The van der Waals surface area contributed by atoms with Crippen LogP contribution in [0.2, 0.25) is 0 Å². The van der Waals surface area contributed by atoms with Crippen molar-refractivity contribution in [2.45, 2.75) is 18.4 Å². The van der Waals surface area contributed by atoms with Gasteiger partial charge in [0.2, 0.25) is 0 Å². The minimum atomic E-state index is -0.851. The second kappa shape index (κ2) is 3.81. The molecular formula is C9H11NO2S. The van der Waals surface area contributed by atoms with Gasteiger partial charge in [0.1, 0.15) is 0 Å². The van der Waals surface area contributed by atoms with Crippen molar-refractivity contribution >= 4 is 23.1 Å². The van der Waals surface area contributed by atoms with Crippen LogP contribution in [0.3, 0.4) is 0 Å². The van der Waals surface area contributed by atoms with Gasteiger partial charge in [-0.25, -0.2) is 0 Å². The molecule has 0 aromatic heterocycles. The number of carboxylic acids is 1. The van der Waals surface area contributed by atoms with Gasteiger partial charge >= 0.3 is 5.97 Å². The van der Waals surface area contributed by atoms with Gasteiger partial charge in [-0.1, -0.05) is 30.4 Å². The van der Waals surface area contributed by atoms with E-state index in [1.807, 2.05) is 0 Å². The Labute approximate surface area is 81.9 Å². The summed E-state index contributed by atoms with van der Waals surface area (Å²) >= 11 is 5.04. The summed E-state index contributed by atoms with van der Waals surface area (Å²) in [6.07, 6.45) is 7.46. The lowest BCUT2D eigenvalue weighted by Crippen LogP contribution is -2.45. The van der Waals surface area contributed by atoms with Crippen LogP contribution in [-0.2, 0) is 4.79 Å². The molecule has 0 heterocycles. The summed E-state index contributed by atoms with van der Waals surface area (Å²) in [6.45, 7) is 0. The van der Waals surface area contributed by atoms with E-state index in [1.54, 1.807) is 24.3 Å². The number of aliphatic carboxylic acids is 1. The molecule has 0 aromatic carbocycles. The largest absolute Gasteiger partial charge is 0.481 e.